The second-order valence-corrected chi connectivity index (χ2v) is 6.68. The predicted octanol–water partition coefficient (Wildman–Crippen LogP) is 3.39. The Balaban J connectivity index is 1.45. The lowest BCUT2D eigenvalue weighted by Gasteiger charge is -2.30. The lowest BCUT2D eigenvalue weighted by Crippen LogP contribution is -2.35. The Hall–Kier alpha value is -3.35. The van der Waals surface area contributed by atoms with Crippen molar-refractivity contribution >= 4 is 17.3 Å². The second kappa shape index (κ2) is 7.72. The molecule has 4 rings (SSSR count). The van der Waals surface area contributed by atoms with Gasteiger partial charge in [0.2, 0.25) is 11.7 Å². The van der Waals surface area contributed by atoms with Gasteiger partial charge in [0, 0.05) is 29.9 Å². The molecule has 7 nitrogen and oxygen atoms in total. The van der Waals surface area contributed by atoms with E-state index in [0.717, 1.165) is 29.8 Å². The second-order valence-electron chi connectivity index (χ2n) is 6.68. The lowest BCUT2D eigenvalue weighted by atomic mass is 9.99. The number of aryl methyl sites for hydroxylation is 1. The molecular weight excluding hydrogens is 356 g/mol. The van der Waals surface area contributed by atoms with Crippen LogP contribution < -0.4 is 15.4 Å². The zero-order valence-electron chi connectivity index (χ0n) is 15.7. The van der Waals surface area contributed by atoms with E-state index in [4.69, 9.17) is 15.0 Å². The molecule has 0 saturated carbocycles. The molecule has 1 aliphatic heterocycles. The number of amides is 1. The van der Waals surface area contributed by atoms with Crippen molar-refractivity contribution in [1.82, 2.24) is 10.1 Å². The maximum atomic E-state index is 13.0. The minimum absolute atomic E-state index is 0.0381. The molecule has 7 heteroatoms. The van der Waals surface area contributed by atoms with E-state index in [2.05, 4.69) is 10.1 Å². The summed E-state index contributed by atoms with van der Waals surface area (Å²) in [5.74, 6) is 1.69. The molecule has 0 saturated heterocycles. The lowest BCUT2D eigenvalue weighted by molar-refractivity contribution is 0.0985. The summed E-state index contributed by atoms with van der Waals surface area (Å²) in [7, 11) is 0. The summed E-state index contributed by atoms with van der Waals surface area (Å²) in [5, 5.41) is 3.86. The van der Waals surface area contributed by atoms with Gasteiger partial charge in [-0.15, -0.1) is 0 Å². The van der Waals surface area contributed by atoms with E-state index < -0.39 is 0 Å². The largest absolute Gasteiger partial charge is 0.485 e. The fourth-order valence-electron chi connectivity index (χ4n) is 3.35. The van der Waals surface area contributed by atoms with E-state index in [9.17, 15) is 4.79 Å². The average molecular weight is 378 g/mol. The molecule has 0 radical (unpaired) electrons. The molecule has 1 aromatic heterocycles. The molecule has 1 aliphatic rings. The molecule has 144 valence electrons. The minimum Gasteiger partial charge on any atom is -0.485 e. The van der Waals surface area contributed by atoms with E-state index in [1.165, 1.54) is 0 Å². The number of benzene rings is 2. The van der Waals surface area contributed by atoms with Crippen molar-refractivity contribution in [2.75, 3.05) is 17.2 Å². The number of fused-ring (bicyclic) bond motifs is 1. The van der Waals surface area contributed by atoms with Gasteiger partial charge in [-0.2, -0.15) is 4.98 Å². The zero-order valence-corrected chi connectivity index (χ0v) is 15.7. The number of hydrogen-bond acceptors (Lipinski definition) is 6. The van der Waals surface area contributed by atoms with Crippen molar-refractivity contribution < 1.29 is 14.1 Å². The van der Waals surface area contributed by atoms with E-state index in [0.29, 0.717) is 36.0 Å². The van der Waals surface area contributed by atoms with Crippen LogP contribution in [0, 0.1) is 0 Å². The first-order valence-corrected chi connectivity index (χ1v) is 9.39. The van der Waals surface area contributed by atoms with Crippen molar-refractivity contribution in [2.45, 2.75) is 32.8 Å². The van der Waals surface area contributed by atoms with Crippen LogP contribution in [0.25, 0.3) is 0 Å². The fraction of sp³-hybridized carbons (Fsp3) is 0.286. The summed E-state index contributed by atoms with van der Waals surface area (Å²) < 4.78 is 10.7. The van der Waals surface area contributed by atoms with E-state index in [1.807, 2.05) is 25.1 Å². The molecule has 0 unspecified atom stereocenters. The van der Waals surface area contributed by atoms with E-state index >= 15 is 0 Å². The molecule has 2 heterocycles. The number of hydrogen-bond donors (Lipinski definition) is 1. The summed E-state index contributed by atoms with van der Waals surface area (Å²) in [6, 6.07) is 12.8. The third kappa shape index (κ3) is 3.55. The number of nitrogen functional groups attached to an aromatic ring is 1. The number of nitrogens with zero attached hydrogens (tertiary/aromatic N) is 3. The Morgan fingerprint density at radius 1 is 1.25 bits per heavy atom. The molecule has 0 aliphatic carbocycles. The van der Waals surface area contributed by atoms with Crippen LogP contribution in [-0.4, -0.2) is 22.6 Å². The monoisotopic (exact) mass is 378 g/mol. The molecule has 1 amide bonds. The van der Waals surface area contributed by atoms with E-state index in [1.54, 1.807) is 29.2 Å². The molecule has 0 spiro atoms. The first kappa shape index (κ1) is 18.0. The van der Waals surface area contributed by atoms with Gasteiger partial charge in [-0.25, -0.2) is 0 Å². The highest BCUT2D eigenvalue weighted by Crippen LogP contribution is 2.32. The number of ether oxygens (including phenoxy) is 1. The topological polar surface area (TPSA) is 94.5 Å². The van der Waals surface area contributed by atoms with Gasteiger partial charge >= 0.3 is 0 Å². The van der Waals surface area contributed by atoms with Crippen LogP contribution in [-0.2, 0) is 19.4 Å². The van der Waals surface area contributed by atoms with Gasteiger partial charge in [-0.3, -0.25) is 4.79 Å². The normalized spacial score (nSPS) is 13.2. The maximum absolute atomic E-state index is 13.0. The fourth-order valence-corrected chi connectivity index (χ4v) is 3.35. The van der Waals surface area contributed by atoms with E-state index in [-0.39, 0.29) is 12.5 Å². The molecule has 0 atom stereocenters. The van der Waals surface area contributed by atoms with Crippen molar-refractivity contribution in [3.05, 3.63) is 65.3 Å². The van der Waals surface area contributed by atoms with Crippen LogP contribution in [0.15, 0.2) is 47.0 Å². The van der Waals surface area contributed by atoms with Crippen LogP contribution in [0.4, 0.5) is 11.4 Å². The summed E-state index contributed by atoms with van der Waals surface area (Å²) in [5.41, 5.74) is 9.38. The third-order valence-electron chi connectivity index (χ3n) is 4.81. The molecular formula is C21H22N4O3. The Morgan fingerprint density at radius 3 is 2.82 bits per heavy atom. The summed E-state index contributed by atoms with van der Waals surface area (Å²) in [6.45, 7) is 2.85. The van der Waals surface area contributed by atoms with Crippen molar-refractivity contribution in [1.29, 1.82) is 0 Å². The molecule has 3 aromatic rings. The average Bonchev–Trinajstić information content (AvgIpc) is 3.20. The molecule has 28 heavy (non-hydrogen) atoms. The van der Waals surface area contributed by atoms with Crippen molar-refractivity contribution in [3.63, 3.8) is 0 Å². The quantitative estimate of drug-likeness (QED) is 0.684. The smallest absolute Gasteiger partial charge is 0.258 e. The Kier molecular flexibility index (Phi) is 4.97. The molecule has 0 bridgehead atoms. The highest BCUT2D eigenvalue weighted by molar-refractivity contribution is 6.07. The number of anilines is 2. The van der Waals surface area contributed by atoms with Gasteiger partial charge in [-0.05, 0) is 54.8 Å². The van der Waals surface area contributed by atoms with Gasteiger partial charge in [0.15, 0.2) is 6.61 Å². The Morgan fingerprint density at radius 2 is 2.07 bits per heavy atom. The molecule has 2 N–H and O–H groups in total. The number of aromatic nitrogens is 2. The number of rotatable bonds is 5. The van der Waals surface area contributed by atoms with Crippen LogP contribution in [0.3, 0.4) is 0 Å². The first-order chi connectivity index (χ1) is 13.7. The van der Waals surface area contributed by atoms with Crippen LogP contribution in [0.5, 0.6) is 5.75 Å². The molecule has 0 fully saturated rings. The Bertz CT molecular complexity index is 982. The highest BCUT2D eigenvalue weighted by Gasteiger charge is 2.24. The van der Waals surface area contributed by atoms with Crippen LogP contribution in [0.1, 0.15) is 41.0 Å². The SMILES string of the molecule is CCc1nc(COc2ccc(C(=O)N3CCCc4c(N)cccc43)cc2)no1. The summed E-state index contributed by atoms with van der Waals surface area (Å²) in [6.07, 6.45) is 2.49. The molecule has 2 aromatic carbocycles. The van der Waals surface area contributed by atoms with Gasteiger partial charge in [0.1, 0.15) is 5.75 Å². The van der Waals surface area contributed by atoms with Crippen LogP contribution >= 0.6 is 0 Å². The summed E-state index contributed by atoms with van der Waals surface area (Å²) in [4.78, 5) is 19.0. The van der Waals surface area contributed by atoms with Crippen molar-refractivity contribution in [3.8, 4) is 5.75 Å². The summed E-state index contributed by atoms with van der Waals surface area (Å²) >= 11 is 0. The number of carbonyl (C=O) groups is 1. The van der Waals surface area contributed by atoms with Crippen molar-refractivity contribution in [2.24, 2.45) is 0 Å². The highest BCUT2D eigenvalue weighted by atomic mass is 16.5. The van der Waals surface area contributed by atoms with Gasteiger partial charge < -0.3 is 19.9 Å². The van der Waals surface area contributed by atoms with Gasteiger partial charge in [0.05, 0.1) is 0 Å². The predicted molar refractivity (Wildman–Crippen MR) is 105 cm³/mol. The maximum Gasteiger partial charge on any atom is 0.258 e. The third-order valence-corrected chi connectivity index (χ3v) is 4.81. The Labute approximate surface area is 163 Å². The van der Waals surface area contributed by atoms with Crippen LogP contribution in [0.2, 0.25) is 0 Å². The standard InChI is InChI=1S/C21H22N4O3/c1-2-20-23-19(24-28-20)13-27-15-10-8-14(9-11-15)21(26)25-12-4-5-16-17(22)6-3-7-18(16)25/h3,6-11H,2,4-5,12-13,22H2,1H3. The number of nitrogens with two attached hydrogens (primary N) is 1. The van der Waals surface area contributed by atoms with Gasteiger partial charge in [-0.1, -0.05) is 18.1 Å². The first-order valence-electron chi connectivity index (χ1n) is 9.39. The number of carbonyl (C=O) groups excluding carboxylic acids is 1. The van der Waals surface area contributed by atoms with Gasteiger partial charge in [0.25, 0.3) is 5.91 Å². The zero-order chi connectivity index (χ0) is 19.5. The minimum atomic E-state index is -0.0381.